The topological polar surface area (TPSA) is 259 Å². The van der Waals surface area contributed by atoms with Crippen molar-refractivity contribution >= 4 is 31.2 Å². The molecule has 8 rings (SSSR count). The zero-order valence-electron chi connectivity index (χ0n) is 39.8. The number of carbonyl (C=O) groups is 2. The highest BCUT2D eigenvalue weighted by Crippen LogP contribution is 2.34. The van der Waals surface area contributed by atoms with Gasteiger partial charge in [0.15, 0.2) is 25.5 Å². The number of nitrogens with zero attached hydrogens (tertiary/aromatic N) is 10. The molecule has 19 nitrogen and oxygen atoms in total. The van der Waals surface area contributed by atoms with E-state index >= 15 is 4.39 Å². The summed E-state index contributed by atoms with van der Waals surface area (Å²) in [4.78, 5) is 68.8. The molecule has 2 aliphatic carbocycles. The molecule has 0 aliphatic heterocycles. The van der Waals surface area contributed by atoms with Crippen LogP contribution in [0, 0.1) is 0 Å². The molecular weight excluding hydrogens is 956 g/mol. The summed E-state index contributed by atoms with van der Waals surface area (Å²) in [7, 11) is -5.04. The molecule has 2 unspecified atom stereocenters. The van der Waals surface area contributed by atoms with E-state index in [4.69, 9.17) is 14.2 Å². The third-order valence-electron chi connectivity index (χ3n) is 11.6. The zero-order chi connectivity index (χ0) is 50.6. The summed E-state index contributed by atoms with van der Waals surface area (Å²) in [6.45, 7) is 6.57. The van der Waals surface area contributed by atoms with Crippen molar-refractivity contribution in [2.75, 3.05) is 26.9 Å². The van der Waals surface area contributed by atoms with Crippen LogP contribution in [-0.2, 0) is 64.0 Å². The minimum Gasteiger partial charge on any atom is -0.477 e. The number of hydrogen-bond acceptors (Lipinski definition) is 19. The Hall–Kier alpha value is -6.65. The summed E-state index contributed by atoms with van der Waals surface area (Å²) in [5.74, 6) is -0.865. The summed E-state index contributed by atoms with van der Waals surface area (Å²) < 4.78 is 81.2. The van der Waals surface area contributed by atoms with Crippen LogP contribution in [-0.4, -0.2) is 116 Å². The van der Waals surface area contributed by atoms with Gasteiger partial charge >= 0.3 is 0 Å². The Balaban J connectivity index is 0.000000209. The van der Waals surface area contributed by atoms with Gasteiger partial charge in [-0.25, -0.2) is 46.1 Å². The molecule has 6 heterocycles. The van der Waals surface area contributed by atoms with Gasteiger partial charge in [0.05, 0.1) is 95.6 Å². The Labute approximate surface area is 411 Å². The van der Waals surface area contributed by atoms with Crippen molar-refractivity contribution in [3.8, 4) is 34.3 Å². The predicted octanol–water partition coefficient (Wildman–Crippen LogP) is 5.93. The van der Waals surface area contributed by atoms with E-state index in [9.17, 15) is 26.4 Å². The fourth-order valence-electron chi connectivity index (χ4n) is 7.43. The predicted molar refractivity (Wildman–Crippen MR) is 258 cm³/mol. The van der Waals surface area contributed by atoms with Gasteiger partial charge in [-0.15, -0.1) is 0 Å². The van der Waals surface area contributed by atoms with Crippen LogP contribution < -0.4 is 9.47 Å². The van der Waals surface area contributed by atoms with Crippen LogP contribution in [0.15, 0.2) is 86.1 Å². The van der Waals surface area contributed by atoms with Gasteiger partial charge in [-0.1, -0.05) is 6.92 Å². The highest BCUT2D eigenvalue weighted by Gasteiger charge is 2.41. The van der Waals surface area contributed by atoms with Gasteiger partial charge in [-0.05, 0) is 82.7 Å². The quantitative estimate of drug-likeness (QED) is 0.0680. The normalized spacial score (nSPS) is 14.9. The minimum atomic E-state index is -3.35. The molecule has 0 amide bonds. The smallest absolute Gasteiger partial charge is 0.232 e. The number of halogens is 1. The van der Waals surface area contributed by atoms with Crippen LogP contribution in [0.2, 0.25) is 0 Å². The minimum absolute atomic E-state index is 0.0832. The lowest BCUT2D eigenvalue weighted by Crippen LogP contribution is -2.33. The van der Waals surface area contributed by atoms with E-state index in [0.717, 1.165) is 5.56 Å². The van der Waals surface area contributed by atoms with E-state index in [-0.39, 0.29) is 64.3 Å². The molecule has 2 fully saturated rings. The van der Waals surface area contributed by atoms with E-state index in [2.05, 4.69) is 49.8 Å². The van der Waals surface area contributed by atoms with Gasteiger partial charge < -0.3 is 14.2 Å². The molecule has 2 atom stereocenters. The highest BCUT2D eigenvalue weighted by atomic mass is 32.2. The highest BCUT2D eigenvalue weighted by molar-refractivity contribution is 7.91. The molecule has 0 radical (unpaired) electrons. The Morgan fingerprint density at radius 2 is 1.23 bits per heavy atom. The fourth-order valence-corrected chi connectivity index (χ4v) is 10.7. The maximum Gasteiger partial charge on any atom is 0.232 e. The van der Waals surface area contributed by atoms with E-state index in [0.29, 0.717) is 97.7 Å². The Morgan fingerprint density at radius 3 is 1.75 bits per heavy atom. The van der Waals surface area contributed by atoms with Crippen LogP contribution in [0.5, 0.6) is 11.8 Å². The lowest BCUT2D eigenvalue weighted by atomic mass is 9.90. The van der Waals surface area contributed by atoms with Crippen LogP contribution in [0.25, 0.3) is 22.5 Å². The Morgan fingerprint density at radius 1 is 0.662 bits per heavy atom. The van der Waals surface area contributed by atoms with Crippen LogP contribution >= 0.6 is 0 Å². The third-order valence-corrected chi connectivity index (χ3v) is 15.9. The van der Waals surface area contributed by atoms with Gasteiger partial charge in [0.25, 0.3) is 0 Å². The molecular formula is C49H55FN10O9S2. The van der Waals surface area contributed by atoms with Crippen molar-refractivity contribution in [1.29, 1.82) is 0 Å². The largest absolute Gasteiger partial charge is 0.477 e. The molecule has 0 saturated heterocycles. The fraction of sp³-hybridized carbons (Fsp3) is 0.429. The molecule has 374 valence electrons. The van der Waals surface area contributed by atoms with Gasteiger partial charge in [-0.3, -0.25) is 34.5 Å². The zero-order valence-corrected chi connectivity index (χ0v) is 41.5. The van der Waals surface area contributed by atoms with Crippen molar-refractivity contribution in [3.05, 3.63) is 120 Å². The molecule has 0 bridgehead atoms. The van der Waals surface area contributed by atoms with Gasteiger partial charge in [0.1, 0.15) is 23.1 Å². The number of pyridine rings is 2. The first-order chi connectivity index (χ1) is 34.1. The maximum atomic E-state index is 15.9. The van der Waals surface area contributed by atoms with Crippen molar-refractivity contribution in [2.45, 2.75) is 106 Å². The molecule has 0 spiro atoms. The van der Waals surface area contributed by atoms with Crippen molar-refractivity contribution in [3.63, 3.8) is 0 Å². The molecule has 6 aromatic heterocycles. The van der Waals surface area contributed by atoms with E-state index in [1.165, 1.54) is 37.9 Å². The van der Waals surface area contributed by atoms with Crippen LogP contribution in [0.4, 0.5) is 4.39 Å². The average Bonchev–Trinajstić information content (AvgIpc) is 4.29. The summed E-state index contributed by atoms with van der Waals surface area (Å²) in [5, 5.41) is -0.657. The third kappa shape index (κ3) is 14.0. The molecule has 0 aromatic carbocycles. The monoisotopic (exact) mass is 1010 g/mol. The molecule has 22 heteroatoms. The number of aromatic nitrogens is 10. The lowest BCUT2D eigenvalue weighted by molar-refractivity contribution is -0.131. The average molecular weight is 1010 g/mol. The van der Waals surface area contributed by atoms with Gasteiger partial charge in [-0.2, -0.15) is 0 Å². The first-order valence-electron chi connectivity index (χ1n) is 23.2. The molecule has 0 N–H and O–H groups in total. The number of carbonyl (C=O) groups excluding carboxylic acids is 2. The number of rotatable bonds is 24. The summed E-state index contributed by atoms with van der Waals surface area (Å²) in [5.41, 5.74) is 1.62. The second-order valence-electron chi connectivity index (χ2n) is 17.0. The second-order valence-corrected chi connectivity index (χ2v) is 21.5. The van der Waals surface area contributed by atoms with Crippen LogP contribution in [0.3, 0.4) is 0 Å². The lowest BCUT2D eigenvalue weighted by Gasteiger charge is -2.22. The number of ketones is 2. The standard InChI is InChI=1S/C25H29N5O5S.C24H26FN5O4S/c1-3-35-25-15-26-14-22(30-25)17-4-5-18(28-13-17)12-23(31)20(9-11-34-2)21-8-10-27-24(29-21)16-36(32,33)19-6-7-19;1-3-24(25,21-13-26-11-18(29-21)15-35(32,33)19-7-8-19)22(31)9-17-6-5-16(10-28-17)20-12-27-14-23(30-20)34-4-2/h4-5,8,10,13-15,19-20H,3,6-7,9,11-12,16H2,1-2H3;5-6,10-14,19H,3-4,7-9,15H2,1-2H3. The molecule has 2 saturated carbocycles. The molecule has 2 aliphatic rings. The number of ether oxygens (including phenoxy) is 3. The number of methoxy groups -OCH3 is 1. The SMILES string of the molecule is CCOc1cncc(-c2ccc(CC(=O)C(CCOC)c3ccnc(CS(=O)(=O)C4CC4)n3)nc2)n1.CCOc1cncc(-c2ccc(CC(=O)C(F)(CC)c3cncc(CS(=O)(=O)C4CC4)n3)nc2)n1. The summed E-state index contributed by atoms with van der Waals surface area (Å²) in [6, 6.07) is 8.63. The first kappa shape index (κ1) is 52.2. The Bertz CT molecular complexity index is 3020. The van der Waals surface area contributed by atoms with Crippen molar-refractivity contribution < 1.29 is 45.0 Å². The molecule has 71 heavy (non-hydrogen) atoms. The number of sulfone groups is 2. The Kier molecular flexibility index (Phi) is 17.3. The maximum absolute atomic E-state index is 15.9. The van der Waals surface area contributed by atoms with Gasteiger partial charge in [0, 0.05) is 67.4 Å². The van der Waals surface area contributed by atoms with Gasteiger partial charge in [0.2, 0.25) is 17.4 Å². The second kappa shape index (κ2) is 23.5. The van der Waals surface area contributed by atoms with E-state index in [1.807, 2.05) is 19.9 Å². The van der Waals surface area contributed by atoms with Crippen molar-refractivity contribution in [2.24, 2.45) is 0 Å². The summed E-state index contributed by atoms with van der Waals surface area (Å²) in [6.07, 6.45) is 16.2. The van der Waals surface area contributed by atoms with Crippen LogP contribution in [0.1, 0.15) is 99.5 Å². The summed E-state index contributed by atoms with van der Waals surface area (Å²) >= 11 is 0. The molecule has 6 aromatic rings. The van der Waals surface area contributed by atoms with Crippen molar-refractivity contribution in [1.82, 2.24) is 49.8 Å². The van der Waals surface area contributed by atoms with E-state index < -0.39 is 37.0 Å². The van der Waals surface area contributed by atoms with E-state index in [1.54, 1.807) is 56.2 Å². The first-order valence-corrected chi connectivity index (χ1v) is 26.7. The number of alkyl halides is 1. The number of Topliss-reactive ketones (excluding diaryl/α,β-unsaturated/α-hetero) is 2. The number of hydrogen-bond donors (Lipinski definition) is 0.